The highest BCUT2D eigenvalue weighted by Gasteiger charge is 2.19. The van der Waals surface area contributed by atoms with E-state index in [4.69, 9.17) is 5.26 Å². The minimum atomic E-state index is -3.00. The highest BCUT2D eigenvalue weighted by molar-refractivity contribution is 8.01. The molecule has 0 atom stereocenters. The third kappa shape index (κ3) is 2.91. The average molecular weight is 286 g/mol. The highest BCUT2D eigenvalue weighted by Crippen LogP contribution is 2.37. The summed E-state index contributed by atoms with van der Waals surface area (Å²) in [7, 11) is 0. The topological polar surface area (TPSA) is 71.7 Å². The minimum Gasteiger partial charge on any atom is -0.414 e. The molecule has 0 radical (unpaired) electrons. The van der Waals surface area contributed by atoms with E-state index in [2.05, 4.69) is 19.1 Å². The fourth-order valence-electron chi connectivity index (χ4n) is 1.03. The van der Waals surface area contributed by atoms with E-state index in [1.54, 1.807) is 18.5 Å². The maximum Gasteiger partial charge on any atom is 0.388 e. The van der Waals surface area contributed by atoms with Crippen LogP contribution in [0.3, 0.4) is 0 Å². The van der Waals surface area contributed by atoms with Crippen molar-refractivity contribution in [1.82, 2.24) is 14.3 Å². The van der Waals surface area contributed by atoms with Gasteiger partial charge in [0.05, 0.1) is 0 Å². The van der Waals surface area contributed by atoms with E-state index in [0.29, 0.717) is 9.10 Å². The normalized spacial score (nSPS) is 10.3. The third-order valence-electron chi connectivity index (χ3n) is 1.69. The first kappa shape index (κ1) is 12.7. The second-order valence-electron chi connectivity index (χ2n) is 2.82. The van der Waals surface area contributed by atoms with Crippen LogP contribution in [0.15, 0.2) is 27.8 Å². The van der Waals surface area contributed by atoms with Gasteiger partial charge in [-0.1, -0.05) is 11.8 Å². The van der Waals surface area contributed by atoms with Crippen LogP contribution in [0.5, 0.6) is 5.88 Å². The molecule has 2 rings (SSSR count). The molecule has 0 bridgehead atoms. The van der Waals surface area contributed by atoms with Crippen LogP contribution < -0.4 is 4.74 Å². The summed E-state index contributed by atoms with van der Waals surface area (Å²) >= 11 is 2.08. The number of nitriles is 1. The number of halogens is 2. The van der Waals surface area contributed by atoms with Gasteiger partial charge in [0.1, 0.15) is 22.2 Å². The summed E-state index contributed by atoms with van der Waals surface area (Å²) in [6, 6.07) is 1.80. The molecule has 18 heavy (non-hydrogen) atoms. The fourth-order valence-corrected chi connectivity index (χ4v) is 2.78. The molecule has 9 heteroatoms. The zero-order valence-corrected chi connectivity index (χ0v) is 10.2. The van der Waals surface area contributed by atoms with Crippen molar-refractivity contribution in [3.63, 3.8) is 0 Å². The number of ether oxygens (including phenoxy) is 1. The molecule has 0 aromatic carbocycles. The molecule has 2 aromatic rings. The number of rotatable bonds is 4. The predicted octanol–water partition coefficient (Wildman–Crippen LogP) is 2.56. The molecule has 0 unspecified atom stereocenters. The molecule has 0 saturated carbocycles. The largest absolute Gasteiger partial charge is 0.414 e. The third-order valence-corrected chi connectivity index (χ3v) is 3.63. The van der Waals surface area contributed by atoms with Gasteiger partial charge in [0, 0.05) is 17.3 Å². The van der Waals surface area contributed by atoms with Gasteiger partial charge in [-0.15, -0.1) is 0 Å². The average Bonchev–Trinajstić information content (AvgIpc) is 2.72. The quantitative estimate of drug-likeness (QED) is 0.860. The Morgan fingerprint density at radius 2 is 2.11 bits per heavy atom. The van der Waals surface area contributed by atoms with Gasteiger partial charge in [-0.2, -0.15) is 18.4 Å². The van der Waals surface area contributed by atoms with Crippen molar-refractivity contribution in [3.8, 4) is 11.9 Å². The van der Waals surface area contributed by atoms with Gasteiger partial charge in [0.25, 0.3) is 0 Å². The highest BCUT2D eigenvalue weighted by atomic mass is 32.2. The number of aromatic nitrogens is 3. The second-order valence-corrected chi connectivity index (χ2v) is 4.93. The zero-order chi connectivity index (χ0) is 13.0. The Morgan fingerprint density at radius 3 is 2.72 bits per heavy atom. The van der Waals surface area contributed by atoms with Gasteiger partial charge in [-0.25, -0.2) is 9.97 Å². The molecular weight excluding hydrogens is 282 g/mol. The summed E-state index contributed by atoms with van der Waals surface area (Å²) in [5, 5.41) is 8.93. The van der Waals surface area contributed by atoms with Crippen molar-refractivity contribution in [3.05, 3.63) is 24.3 Å². The van der Waals surface area contributed by atoms with Gasteiger partial charge < -0.3 is 4.74 Å². The molecular formula is C9H4F2N4OS2. The Labute approximate surface area is 109 Å². The van der Waals surface area contributed by atoms with Crippen molar-refractivity contribution >= 4 is 23.3 Å². The van der Waals surface area contributed by atoms with Crippen LogP contribution in [0.25, 0.3) is 0 Å². The van der Waals surface area contributed by atoms with Gasteiger partial charge in [0.2, 0.25) is 5.88 Å². The summed E-state index contributed by atoms with van der Waals surface area (Å²) in [5.41, 5.74) is -0.00541. The lowest BCUT2D eigenvalue weighted by Gasteiger charge is -2.00. The predicted molar refractivity (Wildman–Crippen MR) is 59.6 cm³/mol. The van der Waals surface area contributed by atoms with Gasteiger partial charge >= 0.3 is 6.61 Å². The molecule has 0 aliphatic carbocycles. The Kier molecular flexibility index (Phi) is 4.01. The van der Waals surface area contributed by atoms with Crippen LogP contribution >= 0.6 is 23.3 Å². The number of alkyl halides is 2. The Morgan fingerprint density at radius 1 is 1.39 bits per heavy atom. The smallest absolute Gasteiger partial charge is 0.388 e. The van der Waals surface area contributed by atoms with Crippen molar-refractivity contribution < 1.29 is 13.5 Å². The van der Waals surface area contributed by atoms with E-state index in [9.17, 15) is 8.78 Å². The zero-order valence-electron chi connectivity index (χ0n) is 8.58. The number of nitrogens with zero attached hydrogens (tertiary/aromatic N) is 4. The van der Waals surface area contributed by atoms with Crippen molar-refractivity contribution in [1.29, 1.82) is 5.26 Å². The molecule has 0 spiro atoms. The summed E-state index contributed by atoms with van der Waals surface area (Å²) in [6.45, 7) is -3.00. The summed E-state index contributed by atoms with van der Waals surface area (Å²) in [5.74, 6) is -0.350. The van der Waals surface area contributed by atoms with E-state index in [-0.39, 0.29) is 11.4 Å². The second kappa shape index (κ2) is 5.70. The van der Waals surface area contributed by atoms with Crippen molar-refractivity contribution in [2.24, 2.45) is 0 Å². The molecule has 0 saturated heterocycles. The molecule has 0 N–H and O–H groups in total. The van der Waals surface area contributed by atoms with E-state index >= 15 is 0 Å². The minimum absolute atomic E-state index is 0.00541. The Balaban J connectivity index is 2.24. The van der Waals surface area contributed by atoms with E-state index in [1.807, 2.05) is 0 Å². The lowest BCUT2D eigenvalue weighted by molar-refractivity contribution is -0.0524. The van der Waals surface area contributed by atoms with Gasteiger partial charge in [0.15, 0.2) is 0 Å². The van der Waals surface area contributed by atoms with E-state index in [0.717, 1.165) is 11.5 Å². The maximum atomic E-state index is 12.1. The Bertz CT molecular complexity index is 570. The molecule has 0 aliphatic heterocycles. The Hall–Kier alpha value is -1.79. The summed E-state index contributed by atoms with van der Waals surface area (Å²) in [4.78, 5) is 8.30. The van der Waals surface area contributed by atoms with Gasteiger partial charge in [-0.3, -0.25) is 0 Å². The summed E-state index contributed by atoms with van der Waals surface area (Å²) in [6.07, 6.45) is 4.46. The lowest BCUT2D eigenvalue weighted by atomic mass is 10.4. The summed E-state index contributed by atoms with van der Waals surface area (Å²) < 4.78 is 32.5. The number of hydrogen-bond acceptors (Lipinski definition) is 7. The van der Waals surface area contributed by atoms with E-state index < -0.39 is 6.61 Å². The van der Waals surface area contributed by atoms with E-state index in [1.165, 1.54) is 18.1 Å². The van der Waals surface area contributed by atoms with Crippen LogP contribution in [0.4, 0.5) is 8.78 Å². The SMILES string of the molecule is N#Cc1c(OC(F)F)nsc1Sc1cncnc1. The number of hydrogen-bond donors (Lipinski definition) is 0. The molecule has 2 aromatic heterocycles. The molecule has 0 amide bonds. The molecule has 2 heterocycles. The van der Waals surface area contributed by atoms with Crippen LogP contribution in [0.2, 0.25) is 0 Å². The maximum absolute atomic E-state index is 12.1. The van der Waals surface area contributed by atoms with Crippen LogP contribution in [-0.4, -0.2) is 21.0 Å². The first-order chi connectivity index (χ1) is 8.70. The van der Waals surface area contributed by atoms with Crippen molar-refractivity contribution in [2.75, 3.05) is 0 Å². The molecule has 5 nitrogen and oxygen atoms in total. The van der Waals surface area contributed by atoms with Gasteiger partial charge in [-0.05, 0) is 11.5 Å². The first-order valence-electron chi connectivity index (χ1n) is 4.48. The van der Waals surface area contributed by atoms with Crippen LogP contribution in [0.1, 0.15) is 5.56 Å². The van der Waals surface area contributed by atoms with Crippen LogP contribution in [-0.2, 0) is 0 Å². The lowest BCUT2D eigenvalue weighted by Crippen LogP contribution is -2.03. The fraction of sp³-hybridized carbons (Fsp3) is 0.111. The van der Waals surface area contributed by atoms with Crippen LogP contribution in [0, 0.1) is 11.3 Å². The standard InChI is InChI=1S/C9H4F2N4OS2/c10-9(11)16-7-6(1-12)8(18-15-7)17-5-2-13-4-14-3-5/h2-4,9H. The first-order valence-corrected chi connectivity index (χ1v) is 6.07. The molecule has 0 aliphatic rings. The molecule has 0 fully saturated rings. The van der Waals surface area contributed by atoms with Crippen molar-refractivity contribution in [2.45, 2.75) is 15.7 Å². The monoisotopic (exact) mass is 286 g/mol. The molecule has 92 valence electrons.